The Bertz CT molecular complexity index is 303. The van der Waals surface area contributed by atoms with Crippen molar-refractivity contribution in [2.45, 2.75) is 6.42 Å². The van der Waals surface area contributed by atoms with Gasteiger partial charge in [-0.1, -0.05) is 36.9 Å². The Morgan fingerprint density at radius 2 is 1.92 bits per heavy atom. The summed E-state index contributed by atoms with van der Waals surface area (Å²) >= 11 is 5.51. The van der Waals surface area contributed by atoms with Gasteiger partial charge in [-0.05, 0) is 12.0 Å². The van der Waals surface area contributed by atoms with Gasteiger partial charge < -0.3 is 0 Å². The highest BCUT2D eigenvalue weighted by atomic mass is 35.5. The number of carbonyl (C=O) groups is 1. The Morgan fingerprint density at radius 1 is 1.31 bits per heavy atom. The van der Waals surface area contributed by atoms with Crippen molar-refractivity contribution < 1.29 is 4.79 Å². The minimum absolute atomic E-state index is 0.0127. The van der Waals surface area contributed by atoms with Gasteiger partial charge >= 0.3 is 0 Å². The van der Waals surface area contributed by atoms with Crippen molar-refractivity contribution >= 4 is 17.4 Å². The number of allylic oxidation sites excluding steroid dienone is 1. The number of benzene rings is 1. The highest BCUT2D eigenvalue weighted by molar-refractivity contribution is 6.18. The van der Waals surface area contributed by atoms with E-state index in [-0.39, 0.29) is 5.78 Å². The van der Waals surface area contributed by atoms with Crippen LogP contribution in [0.2, 0.25) is 0 Å². The molecule has 13 heavy (non-hydrogen) atoms. The topological polar surface area (TPSA) is 17.1 Å². The van der Waals surface area contributed by atoms with Crippen LogP contribution in [0.3, 0.4) is 0 Å². The summed E-state index contributed by atoms with van der Waals surface area (Å²) in [5, 5.41) is 0. The largest absolute Gasteiger partial charge is 0.289 e. The molecule has 0 atom stereocenters. The minimum atomic E-state index is -0.0127. The molecule has 0 heterocycles. The zero-order chi connectivity index (χ0) is 9.68. The van der Waals surface area contributed by atoms with Crippen molar-refractivity contribution in [3.8, 4) is 0 Å². The van der Waals surface area contributed by atoms with Gasteiger partial charge in [0.1, 0.15) is 0 Å². The zero-order valence-electron chi connectivity index (χ0n) is 7.29. The van der Waals surface area contributed by atoms with E-state index >= 15 is 0 Å². The predicted molar refractivity (Wildman–Crippen MR) is 55.2 cm³/mol. The average molecular weight is 195 g/mol. The molecule has 0 aromatic heterocycles. The lowest BCUT2D eigenvalue weighted by molar-refractivity contribution is 0.103. The molecule has 1 nitrogen and oxygen atoms in total. The Morgan fingerprint density at radius 3 is 2.46 bits per heavy atom. The Balaban J connectivity index is 2.74. The molecule has 0 fully saturated rings. The van der Waals surface area contributed by atoms with Crippen molar-refractivity contribution in [2.24, 2.45) is 0 Å². The maximum atomic E-state index is 11.6. The average Bonchev–Trinajstić information content (AvgIpc) is 2.18. The molecule has 0 unspecified atom stereocenters. The maximum absolute atomic E-state index is 11.6. The van der Waals surface area contributed by atoms with Gasteiger partial charge in [-0.3, -0.25) is 4.79 Å². The molecule has 1 rings (SSSR count). The van der Waals surface area contributed by atoms with Crippen LogP contribution >= 0.6 is 11.6 Å². The number of halogens is 1. The number of Topliss-reactive ketones (excluding diaryl/α,β-unsaturated/α-hetero) is 1. The first-order valence-corrected chi connectivity index (χ1v) is 4.62. The highest BCUT2D eigenvalue weighted by Crippen LogP contribution is 2.09. The molecule has 0 radical (unpaired) electrons. The van der Waals surface area contributed by atoms with Crippen LogP contribution in [-0.2, 0) is 0 Å². The number of rotatable bonds is 4. The maximum Gasteiger partial charge on any atom is 0.188 e. The van der Waals surface area contributed by atoms with Crippen LogP contribution in [0.4, 0.5) is 0 Å². The second kappa shape index (κ2) is 4.83. The summed E-state index contributed by atoms with van der Waals surface area (Å²) in [7, 11) is 0. The normalized spacial score (nSPS) is 9.62. The van der Waals surface area contributed by atoms with E-state index in [9.17, 15) is 4.79 Å². The summed E-state index contributed by atoms with van der Waals surface area (Å²) in [4.78, 5) is 11.6. The van der Waals surface area contributed by atoms with Crippen LogP contribution in [0.15, 0.2) is 42.5 Å². The Hall–Kier alpha value is -1.08. The van der Waals surface area contributed by atoms with Gasteiger partial charge in [0.05, 0.1) is 0 Å². The van der Waals surface area contributed by atoms with E-state index in [1.165, 1.54) is 0 Å². The molecule has 2 heteroatoms. The number of hydrogen-bond acceptors (Lipinski definition) is 1. The molecular formula is C11H11ClO. The third-order valence-corrected chi connectivity index (χ3v) is 1.94. The van der Waals surface area contributed by atoms with Crippen LogP contribution in [0.1, 0.15) is 16.8 Å². The van der Waals surface area contributed by atoms with E-state index in [1.807, 2.05) is 18.2 Å². The number of alkyl halides is 1. The van der Waals surface area contributed by atoms with E-state index in [1.54, 1.807) is 12.1 Å². The SMILES string of the molecule is C=C(CCCl)C(=O)c1ccccc1. The lowest BCUT2D eigenvalue weighted by atomic mass is 10.0. The summed E-state index contributed by atoms with van der Waals surface area (Å²) < 4.78 is 0. The van der Waals surface area contributed by atoms with Gasteiger partial charge in [-0.15, -0.1) is 11.6 Å². The van der Waals surface area contributed by atoms with Gasteiger partial charge in [0.2, 0.25) is 0 Å². The first-order valence-electron chi connectivity index (χ1n) is 4.09. The molecule has 0 spiro atoms. The summed E-state index contributed by atoms with van der Waals surface area (Å²) in [6, 6.07) is 9.10. The van der Waals surface area contributed by atoms with E-state index in [4.69, 9.17) is 11.6 Å². The van der Waals surface area contributed by atoms with Crippen LogP contribution in [0.25, 0.3) is 0 Å². The molecule has 0 aliphatic carbocycles. The van der Waals surface area contributed by atoms with E-state index in [0.717, 1.165) is 0 Å². The minimum Gasteiger partial charge on any atom is -0.289 e. The van der Waals surface area contributed by atoms with Crippen LogP contribution in [0.5, 0.6) is 0 Å². The van der Waals surface area contributed by atoms with Gasteiger partial charge in [0, 0.05) is 11.4 Å². The third-order valence-electron chi connectivity index (χ3n) is 1.75. The standard InChI is InChI=1S/C11H11ClO/c1-9(7-8-12)11(13)10-5-3-2-4-6-10/h2-6H,1,7-8H2. The smallest absolute Gasteiger partial charge is 0.188 e. The van der Waals surface area contributed by atoms with Crippen molar-refractivity contribution in [3.63, 3.8) is 0 Å². The Kier molecular flexibility index (Phi) is 3.71. The van der Waals surface area contributed by atoms with Gasteiger partial charge in [-0.2, -0.15) is 0 Å². The van der Waals surface area contributed by atoms with Crippen molar-refractivity contribution in [3.05, 3.63) is 48.0 Å². The molecule has 0 aliphatic heterocycles. The molecular weight excluding hydrogens is 184 g/mol. The van der Waals surface area contributed by atoms with Crippen molar-refractivity contribution in [1.29, 1.82) is 0 Å². The quantitative estimate of drug-likeness (QED) is 0.409. The third kappa shape index (κ3) is 2.71. The number of ketones is 1. The van der Waals surface area contributed by atoms with E-state index in [2.05, 4.69) is 6.58 Å². The first kappa shape index (κ1) is 10.0. The first-order chi connectivity index (χ1) is 6.25. The second-order valence-electron chi connectivity index (χ2n) is 2.74. The Labute approximate surface area is 83.0 Å². The van der Waals surface area contributed by atoms with Crippen LogP contribution < -0.4 is 0 Å². The molecule has 0 aliphatic rings. The van der Waals surface area contributed by atoms with Gasteiger partial charge in [0.25, 0.3) is 0 Å². The monoisotopic (exact) mass is 194 g/mol. The second-order valence-corrected chi connectivity index (χ2v) is 3.12. The van der Waals surface area contributed by atoms with Gasteiger partial charge in [-0.25, -0.2) is 0 Å². The fraction of sp³-hybridized carbons (Fsp3) is 0.182. The number of hydrogen-bond donors (Lipinski definition) is 0. The molecule has 0 saturated carbocycles. The summed E-state index contributed by atoms with van der Waals surface area (Å²) in [6.07, 6.45) is 0.551. The highest BCUT2D eigenvalue weighted by Gasteiger charge is 2.07. The fourth-order valence-electron chi connectivity index (χ4n) is 1.02. The molecule has 68 valence electrons. The molecule has 0 amide bonds. The van der Waals surface area contributed by atoms with E-state index < -0.39 is 0 Å². The van der Waals surface area contributed by atoms with E-state index in [0.29, 0.717) is 23.4 Å². The molecule has 0 N–H and O–H groups in total. The van der Waals surface area contributed by atoms with Crippen LogP contribution in [-0.4, -0.2) is 11.7 Å². The van der Waals surface area contributed by atoms with Crippen LogP contribution in [0, 0.1) is 0 Å². The zero-order valence-corrected chi connectivity index (χ0v) is 8.05. The summed E-state index contributed by atoms with van der Waals surface area (Å²) in [6.45, 7) is 3.69. The predicted octanol–water partition coefficient (Wildman–Crippen LogP) is 3.05. The molecule has 1 aromatic carbocycles. The number of carbonyl (C=O) groups excluding carboxylic acids is 1. The summed E-state index contributed by atoms with van der Waals surface area (Å²) in [5.41, 5.74) is 1.25. The molecule has 1 aromatic rings. The molecule has 0 bridgehead atoms. The lowest BCUT2D eigenvalue weighted by Gasteiger charge is -2.01. The van der Waals surface area contributed by atoms with Crippen molar-refractivity contribution in [1.82, 2.24) is 0 Å². The molecule has 0 saturated heterocycles. The lowest BCUT2D eigenvalue weighted by Crippen LogP contribution is -2.02. The summed E-state index contributed by atoms with van der Waals surface area (Å²) in [5.74, 6) is 0.429. The van der Waals surface area contributed by atoms with Gasteiger partial charge in [0.15, 0.2) is 5.78 Å². The fourth-order valence-corrected chi connectivity index (χ4v) is 1.25. The van der Waals surface area contributed by atoms with Crippen molar-refractivity contribution in [2.75, 3.05) is 5.88 Å².